The van der Waals surface area contributed by atoms with E-state index in [1.165, 1.54) is 25.8 Å². The Morgan fingerprint density at radius 3 is 2.50 bits per heavy atom. The second-order valence-corrected chi connectivity index (χ2v) is 6.17. The first-order valence-electron chi connectivity index (χ1n) is 8.28. The van der Waals surface area contributed by atoms with Crippen LogP contribution in [0.5, 0.6) is 0 Å². The van der Waals surface area contributed by atoms with E-state index in [9.17, 15) is 0 Å². The summed E-state index contributed by atoms with van der Waals surface area (Å²) in [6, 6.07) is 0. The van der Waals surface area contributed by atoms with Crippen LogP contribution in [0.1, 0.15) is 47.0 Å². The Morgan fingerprint density at radius 1 is 1.25 bits per heavy atom. The van der Waals surface area contributed by atoms with E-state index in [0.29, 0.717) is 0 Å². The Labute approximate surface area is 128 Å². The summed E-state index contributed by atoms with van der Waals surface area (Å²) in [5.74, 6) is 0.985. The van der Waals surface area contributed by atoms with E-state index >= 15 is 0 Å². The standard InChI is InChI=1S/C11H21N2OP.C3H8.C2H6/c1(5-12-9-11-3-4-11)2-6-13-7-8-14-10-15-13;1-3-2;1-2/h1-2,11-12,15H,3-10H2;3H2,1-2H3;1-2H3/b2-1-;;. The second-order valence-electron chi connectivity index (χ2n) is 4.94. The summed E-state index contributed by atoms with van der Waals surface area (Å²) in [5, 5.41) is 3.46. The normalized spacial score (nSPS) is 20.2. The zero-order chi connectivity index (χ0) is 15.1. The minimum absolute atomic E-state index is 0.850. The van der Waals surface area contributed by atoms with Gasteiger partial charge < -0.3 is 10.1 Å². The van der Waals surface area contributed by atoms with Crippen LogP contribution >= 0.6 is 8.73 Å². The summed E-state index contributed by atoms with van der Waals surface area (Å²) < 4.78 is 7.77. The van der Waals surface area contributed by atoms with Crippen LogP contribution in [-0.2, 0) is 4.74 Å². The van der Waals surface area contributed by atoms with Crippen LogP contribution in [-0.4, -0.2) is 43.8 Å². The largest absolute Gasteiger partial charge is 0.375 e. The molecule has 0 bridgehead atoms. The summed E-state index contributed by atoms with van der Waals surface area (Å²) in [7, 11) is 0.850. The van der Waals surface area contributed by atoms with Gasteiger partial charge in [0.2, 0.25) is 0 Å². The van der Waals surface area contributed by atoms with Crippen LogP contribution in [0.2, 0.25) is 0 Å². The fraction of sp³-hybridized carbons (Fsp3) is 0.875. The highest BCUT2D eigenvalue weighted by Gasteiger charge is 2.19. The monoisotopic (exact) mass is 302 g/mol. The zero-order valence-corrected chi connectivity index (χ0v) is 15.0. The van der Waals surface area contributed by atoms with Gasteiger partial charge in [0, 0.05) is 19.6 Å². The highest BCUT2D eigenvalue weighted by Crippen LogP contribution is 2.27. The molecule has 0 spiro atoms. The lowest BCUT2D eigenvalue weighted by molar-refractivity contribution is 0.146. The average Bonchev–Trinajstić information content (AvgIpc) is 3.31. The number of hydrogen-bond acceptors (Lipinski definition) is 3. The van der Waals surface area contributed by atoms with E-state index in [2.05, 4.69) is 36.0 Å². The summed E-state index contributed by atoms with van der Waals surface area (Å²) >= 11 is 0. The molecule has 1 N–H and O–H groups in total. The van der Waals surface area contributed by atoms with Crippen LogP contribution in [0.25, 0.3) is 0 Å². The molecule has 120 valence electrons. The lowest BCUT2D eigenvalue weighted by Gasteiger charge is -2.24. The van der Waals surface area contributed by atoms with Gasteiger partial charge in [-0.15, -0.1) is 0 Å². The van der Waals surface area contributed by atoms with Gasteiger partial charge in [-0.05, 0) is 34.0 Å². The van der Waals surface area contributed by atoms with E-state index in [0.717, 1.165) is 47.2 Å². The van der Waals surface area contributed by atoms with Crippen molar-refractivity contribution in [2.24, 2.45) is 5.92 Å². The van der Waals surface area contributed by atoms with Crippen molar-refractivity contribution in [2.75, 3.05) is 39.1 Å². The fourth-order valence-corrected chi connectivity index (χ4v) is 2.50. The molecule has 0 aromatic rings. The highest BCUT2D eigenvalue weighted by molar-refractivity contribution is 7.35. The molecular weight excluding hydrogens is 267 g/mol. The quantitative estimate of drug-likeness (QED) is 0.458. The Balaban J connectivity index is 0.000000641. The van der Waals surface area contributed by atoms with Crippen molar-refractivity contribution in [2.45, 2.75) is 47.0 Å². The Morgan fingerprint density at radius 2 is 1.95 bits per heavy atom. The molecule has 4 heteroatoms. The van der Waals surface area contributed by atoms with E-state index in [-0.39, 0.29) is 0 Å². The minimum Gasteiger partial charge on any atom is -0.375 e. The highest BCUT2D eigenvalue weighted by atomic mass is 31.1. The summed E-state index contributed by atoms with van der Waals surface area (Å²) in [6.45, 7) is 13.6. The minimum atomic E-state index is 0.850. The van der Waals surface area contributed by atoms with E-state index in [1.54, 1.807) is 0 Å². The average molecular weight is 302 g/mol. The van der Waals surface area contributed by atoms with Crippen LogP contribution < -0.4 is 5.32 Å². The smallest absolute Gasteiger partial charge is 0.0768 e. The van der Waals surface area contributed by atoms with Crippen molar-refractivity contribution in [1.29, 1.82) is 0 Å². The van der Waals surface area contributed by atoms with Crippen LogP contribution in [0.15, 0.2) is 12.2 Å². The van der Waals surface area contributed by atoms with Crippen molar-refractivity contribution in [1.82, 2.24) is 9.99 Å². The third-order valence-corrected chi connectivity index (χ3v) is 3.97. The second kappa shape index (κ2) is 15.4. The molecule has 2 aliphatic rings. The van der Waals surface area contributed by atoms with Crippen LogP contribution in [0.3, 0.4) is 0 Å². The first-order valence-corrected chi connectivity index (χ1v) is 9.44. The molecule has 0 aromatic heterocycles. The molecule has 1 aliphatic carbocycles. The van der Waals surface area contributed by atoms with Crippen molar-refractivity contribution < 1.29 is 4.74 Å². The summed E-state index contributed by atoms with van der Waals surface area (Å²) in [6.07, 6.45) is 9.57. The fourth-order valence-electron chi connectivity index (χ4n) is 1.60. The van der Waals surface area contributed by atoms with Crippen molar-refractivity contribution in [3.63, 3.8) is 0 Å². The van der Waals surface area contributed by atoms with Crippen molar-refractivity contribution >= 4 is 8.73 Å². The summed E-state index contributed by atoms with van der Waals surface area (Å²) in [5.41, 5.74) is 0. The first kappa shape index (κ1) is 20.1. The van der Waals surface area contributed by atoms with Gasteiger partial charge in [0.25, 0.3) is 0 Å². The predicted molar refractivity (Wildman–Crippen MR) is 92.8 cm³/mol. The van der Waals surface area contributed by atoms with Gasteiger partial charge in [-0.1, -0.05) is 46.3 Å². The molecule has 1 atom stereocenters. The summed E-state index contributed by atoms with van der Waals surface area (Å²) in [4.78, 5) is 0. The number of hydrogen-bond donors (Lipinski definition) is 1. The third kappa shape index (κ3) is 13.1. The molecule has 2 rings (SSSR count). The number of ether oxygens (including phenoxy) is 1. The SMILES string of the molecule is C(=C/CN1CCOCP1)/CNCC1CC1.CC.CCC. The van der Waals surface area contributed by atoms with Gasteiger partial charge in [-0.25, -0.2) is 0 Å². The van der Waals surface area contributed by atoms with Gasteiger partial charge in [0.15, 0.2) is 0 Å². The molecule has 1 unspecified atom stereocenters. The number of nitrogens with zero attached hydrogens (tertiary/aromatic N) is 1. The predicted octanol–water partition coefficient (Wildman–Crippen LogP) is 3.87. The molecule has 0 amide bonds. The van der Waals surface area contributed by atoms with Crippen molar-refractivity contribution in [3.8, 4) is 0 Å². The van der Waals surface area contributed by atoms with Gasteiger partial charge in [0.05, 0.1) is 13.0 Å². The molecule has 1 aliphatic heterocycles. The van der Waals surface area contributed by atoms with Gasteiger partial charge >= 0.3 is 0 Å². The van der Waals surface area contributed by atoms with Gasteiger partial charge in [-0.2, -0.15) is 0 Å². The van der Waals surface area contributed by atoms with Gasteiger partial charge in [-0.3, -0.25) is 4.67 Å². The van der Waals surface area contributed by atoms with Crippen LogP contribution in [0.4, 0.5) is 0 Å². The number of rotatable bonds is 6. The molecule has 0 aromatic carbocycles. The Kier molecular flexibility index (Phi) is 15.5. The maximum atomic E-state index is 5.31. The lowest BCUT2D eigenvalue weighted by Crippen LogP contribution is -2.25. The first-order chi connectivity index (χ1) is 9.86. The molecular formula is C16H35N2OP. The van der Waals surface area contributed by atoms with E-state index < -0.39 is 0 Å². The van der Waals surface area contributed by atoms with E-state index in [4.69, 9.17) is 4.74 Å². The molecule has 3 nitrogen and oxygen atoms in total. The Bertz CT molecular complexity index is 215. The molecule has 0 radical (unpaired) electrons. The molecule has 1 saturated carbocycles. The molecule has 1 saturated heterocycles. The van der Waals surface area contributed by atoms with Crippen LogP contribution in [0, 0.1) is 5.92 Å². The third-order valence-electron chi connectivity index (χ3n) is 2.78. The maximum absolute atomic E-state index is 5.31. The lowest BCUT2D eigenvalue weighted by atomic mass is 10.4. The van der Waals surface area contributed by atoms with E-state index in [1.807, 2.05) is 13.8 Å². The topological polar surface area (TPSA) is 24.5 Å². The maximum Gasteiger partial charge on any atom is 0.0768 e. The molecule has 2 fully saturated rings. The Hall–Kier alpha value is 0.0500. The number of nitrogens with one attached hydrogen (secondary N) is 1. The van der Waals surface area contributed by atoms with Gasteiger partial charge in [0.1, 0.15) is 0 Å². The molecule has 1 heterocycles. The molecule has 20 heavy (non-hydrogen) atoms. The van der Waals surface area contributed by atoms with Crippen molar-refractivity contribution in [3.05, 3.63) is 12.2 Å². The zero-order valence-electron chi connectivity index (χ0n) is 14.0.